The van der Waals surface area contributed by atoms with Gasteiger partial charge in [0.05, 0.1) is 27.4 Å². The Kier molecular flexibility index (Phi) is 8.89. The van der Waals surface area contributed by atoms with Crippen LogP contribution < -0.4 is 10.1 Å². The predicted molar refractivity (Wildman–Crippen MR) is 90.2 cm³/mol. The van der Waals surface area contributed by atoms with Crippen molar-refractivity contribution >= 4 is 19.6 Å². The van der Waals surface area contributed by atoms with Crippen molar-refractivity contribution in [1.29, 1.82) is 0 Å². The second-order valence-corrected chi connectivity index (χ2v) is 5.05. The average molecular weight is 334 g/mol. The molecule has 0 spiro atoms. The van der Waals surface area contributed by atoms with Crippen molar-refractivity contribution in [3.63, 3.8) is 0 Å². The van der Waals surface area contributed by atoms with Crippen LogP contribution in [0.3, 0.4) is 0 Å². The minimum atomic E-state index is -0.543. The third-order valence-electron chi connectivity index (χ3n) is 3.47. The van der Waals surface area contributed by atoms with E-state index in [1.54, 1.807) is 14.2 Å². The summed E-state index contributed by atoms with van der Waals surface area (Å²) in [6.07, 6.45) is 0. The first-order valence-electron chi connectivity index (χ1n) is 7.52. The lowest BCUT2D eigenvalue weighted by molar-refractivity contribution is -0.144. The minimum absolute atomic E-state index is 0.151. The van der Waals surface area contributed by atoms with Gasteiger partial charge >= 0.3 is 5.97 Å². The number of nitrogens with zero attached hydrogens (tertiary/aromatic N) is 1. The first-order valence-corrected chi connectivity index (χ1v) is 7.52. The Hall–Kier alpha value is -2.06. The summed E-state index contributed by atoms with van der Waals surface area (Å²) in [5.41, 5.74) is 0.928. The van der Waals surface area contributed by atoms with Crippen LogP contribution in [-0.4, -0.2) is 71.6 Å². The molecule has 24 heavy (non-hydrogen) atoms. The molecule has 0 aromatic heterocycles. The van der Waals surface area contributed by atoms with E-state index >= 15 is 0 Å². The largest absolute Gasteiger partial charge is 0.497 e. The molecular formula is C16H23BN2O5. The Morgan fingerprint density at radius 2 is 1.92 bits per heavy atom. The SMILES string of the molecule is [B]C(=O)N(CCOC[C@H](NC)C(=O)OC)Cc1ccc(OC)cc1. The van der Waals surface area contributed by atoms with E-state index in [4.69, 9.17) is 17.3 Å². The van der Waals surface area contributed by atoms with E-state index in [0.717, 1.165) is 11.3 Å². The molecule has 1 aromatic rings. The molecule has 130 valence electrons. The molecule has 0 fully saturated rings. The van der Waals surface area contributed by atoms with Crippen molar-refractivity contribution in [1.82, 2.24) is 10.2 Å². The third-order valence-corrected chi connectivity index (χ3v) is 3.47. The molecule has 0 heterocycles. The van der Waals surface area contributed by atoms with Gasteiger partial charge in [0.2, 0.25) is 7.85 Å². The van der Waals surface area contributed by atoms with Gasteiger partial charge in [0, 0.05) is 13.1 Å². The topological polar surface area (TPSA) is 77.1 Å². The number of esters is 1. The monoisotopic (exact) mass is 334 g/mol. The summed E-state index contributed by atoms with van der Waals surface area (Å²) in [5.74, 6) is -0.191. The lowest BCUT2D eigenvalue weighted by atomic mass is 10.1. The van der Waals surface area contributed by atoms with Gasteiger partial charge in [-0.25, -0.2) is 0 Å². The summed E-state index contributed by atoms with van der Waals surface area (Å²) in [7, 11) is 9.95. The molecule has 0 unspecified atom stereocenters. The lowest BCUT2D eigenvalue weighted by Gasteiger charge is -2.22. The second-order valence-electron chi connectivity index (χ2n) is 5.05. The Balaban J connectivity index is 2.45. The van der Waals surface area contributed by atoms with Gasteiger partial charge in [0.1, 0.15) is 11.8 Å². The smallest absolute Gasteiger partial charge is 0.325 e. The zero-order valence-corrected chi connectivity index (χ0v) is 14.3. The van der Waals surface area contributed by atoms with E-state index in [9.17, 15) is 9.59 Å². The highest BCUT2D eigenvalue weighted by Gasteiger charge is 2.17. The molecule has 0 saturated carbocycles. The fourth-order valence-electron chi connectivity index (χ4n) is 2.01. The normalized spacial score (nSPS) is 11.6. The van der Waals surface area contributed by atoms with Crippen LogP contribution in [0.4, 0.5) is 4.79 Å². The van der Waals surface area contributed by atoms with Crippen LogP contribution in [0.2, 0.25) is 0 Å². The number of amides is 1. The van der Waals surface area contributed by atoms with E-state index in [0.29, 0.717) is 13.1 Å². The van der Waals surface area contributed by atoms with E-state index < -0.39 is 17.8 Å². The van der Waals surface area contributed by atoms with Gasteiger partial charge in [-0.3, -0.25) is 9.59 Å². The zero-order valence-electron chi connectivity index (χ0n) is 14.3. The Labute approximate surface area is 143 Å². The molecule has 0 bridgehead atoms. The molecule has 1 N–H and O–H groups in total. The molecular weight excluding hydrogens is 311 g/mol. The first kappa shape index (κ1) is 20.0. The number of likely N-dealkylation sites (N-methyl/N-ethyl adjacent to an activating group) is 1. The number of benzene rings is 1. The molecule has 0 aliphatic heterocycles. The summed E-state index contributed by atoms with van der Waals surface area (Å²) in [6.45, 7) is 1.10. The average Bonchev–Trinajstić information content (AvgIpc) is 2.60. The van der Waals surface area contributed by atoms with Gasteiger partial charge in [-0.1, -0.05) is 12.1 Å². The molecule has 2 radical (unpaired) electrons. The van der Waals surface area contributed by atoms with E-state index in [1.807, 2.05) is 24.3 Å². The predicted octanol–water partition coefficient (Wildman–Crippen LogP) is 0.563. The molecule has 1 amide bonds. The van der Waals surface area contributed by atoms with Crippen LogP contribution in [0.25, 0.3) is 0 Å². The van der Waals surface area contributed by atoms with Gasteiger partial charge in [0.25, 0.3) is 0 Å². The molecule has 1 aromatic carbocycles. The van der Waals surface area contributed by atoms with E-state index in [2.05, 4.69) is 10.1 Å². The van der Waals surface area contributed by atoms with Crippen LogP contribution >= 0.6 is 0 Å². The summed E-state index contributed by atoms with van der Waals surface area (Å²) in [5, 5.41) is 2.80. The van der Waals surface area contributed by atoms with Gasteiger partial charge in [-0.05, 0) is 24.7 Å². The molecule has 0 saturated heterocycles. The van der Waals surface area contributed by atoms with Crippen molar-refractivity contribution in [2.75, 3.05) is 41.0 Å². The Morgan fingerprint density at radius 1 is 1.25 bits per heavy atom. The highest BCUT2D eigenvalue weighted by Crippen LogP contribution is 2.13. The van der Waals surface area contributed by atoms with Crippen LogP contribution in [0.5, 0.6) is 5.75 Å². The van der Waals surface area contributed by atoms with E-state index in [-0.39, 0.29) is 13.2 Å². The van der Waals surface area contributed by atoms with Crippen molar-refractivity contribution < 1.29 is 23.8 Å². The standard InChI is InChI=1S/C16H23BN2O5/c1-18-14(15(20)23-3)11-24-9-8-19(16(17)21)10-12-4-6-13(22-2)7-5-12/h4-7,14,18H,8-11H2,1-3H3/t14-/m0/s1. The molecule has 0 aliphatic rings. The van der Waals surface area contributed by atoms with Crippen LogP contribution in [0.15, 0.2) is 24.3 Å². The molecule has 8 heteroatoms. The number of ether oxygens (including phenoxy) is 3. The van der Waals surface area contributed by atoms with Gasteiger partial charge in [-0.15, -0.1) is 0 Å². The maximum absolute atomic E-state index is 11.5. The number of carbonyl (C=O) groups excluding carboxylic acids is 2. The first-order chi connectivity index (χ1) is 11.5. The number of carbonyl (C=O) groups is 2. The number of rotatable bonds is 10. The molecule has 7 nitrogen and oxygen atoms in total. The highest BCUT2D eigenvalue weighted by molar-refractivity contribution is 6.56. The van der Waals surface area contributed by atoms with Crippen molar-refractivity contribution in [2.24, 2.45) is 0 Å². The van der Waals surface area contributed by atoms with Gasteiger partial charge in [-0.2, -0.15) is 0 Å². The number of methoxy groups -OCH3 is 2. The summed E-state index contributed by atoms with van der Waals surface area (Å²) >= 11 is 0. The fourth-order valence-corrected chi connectivity index (χ4v) is 2.01. The number of hydrogen-bond donors (Lipinski definition) is 1. The number of nitrogens with one attached hydrogen (secondary N) is 1. The third kappa shape index (κ3) is 6.60. The van der Waals surface area contributed by atoms with Crippen LogP contribution in [0, 0.1) is 0 Å². The van der Waals surface area contributed by atoms with E-state index in [1.165, 1.54) is 12.0 Å². The van der Waals surface area contributed by atoms with Gasteiger partial charge in [0.15, 0.2) is 5.81 Å². The van der Waals surface area contributed by atoms with Gasteiger partial charge < -0.3 is 24.4 Å². The zero-order chi connectivity index (χ0) is 17.9. The van der Waals surface area contributed by atoms with Crippen LogP contribution in [-0.2, 0) is 20.8 Å². The highest BCUT2D eigenvalue weighted by atomic mass is 16.5. The minimum Gasteiger partial charge on any atom is -0.497 e. The van der Waals surface area contributed by atoms with Crippen molar-refractivity contribution in [3.8, 4) is 5.75 Å². The summed E-state index contributed by atoms with van der Waals surface area (Å²) in [6, 6.07) is 6.82. The maximum Gasteiger partial charge on any atom is 0.325 e. The van der Waals surface area contributed by atoms with Crippen molar-refractivity contribution in [3.05, 3.63) is 29.8 Å². The molecule has 0 aliphatic carbocycles. The maximum atomic E-state index is 11.5. The fraction of sp³-hybridized carbons (Fsp3) is 0.500. The Morgan fingerprint density at radius 3 is 2.42 bits per heavy atom. The summed E-state index contributed by atoms with van der Waals surface area (Å²) < 4.78 is 15.2. The molecule has 1 atom stereocenters. The lowest BCUT2D eigenvalue weighted by Crippen LogP contribution is -2.40. The second kappa shape index (κ2) is 10.7. The quantitative estimate of drug-likeness (QED) is 0.383. The number of hydrogen-bond acceptors (Lipinski definition) is 6. The van der Waals surface area contributed by atoms with Crippen molar-refractivity contribution in [2.45, 2.75) is 12.6 Å². The molecule has 1 rings (SSSR count). The summed E-state index contributed by atoms with van der Waals surface area (Å²) in [4.78, 5) is 24.4. The Bertz CT molecular complexity index is 524. The van der Waals surface area contributed by atoms with Crippen LogP contribution in [0.1, 0.15) is 5.56 Å².